The van der Waals surface area contributed by atoms with Gasteiger partial charge in [-0.25, -0.2) is 26.3 Å². The first-order chi connectivity index (χ1) is 13.1. The fraction of sp³-hybridized carbons (Fsp3) is 0.368. The van der Waals surface area contributed by atoms with Crippen LogP contribution in [-0.2, 0) is 16.4 Å². The van der Waals surface area contributed by atoms with Crippen LogP contribution in [0.4, 0.5) is 13.2 Å². The van der Waals surface area contributed by atoms with Gasteiger partial charge in [-0.1, -0.05) is 41.9 Å². The summed E-state index contributed by atoms with van der Waals surface area (Å²) in [6.07, 6.45) is -0.0905. The van der Waals surface area contributed by atoms with Gasteiger partial charge in [-0.2, -0.15) is 0 Å². The highest BCUT2D eigenvalue weighted by Crippen LogP contribution is 2.31. The molecule has 0 aromatic heterocycles. The highest BCUT2D eigenvalue weighted by molar-refractivity contribution is 7.89. The largest absolute Gasteiger partial charge is 0.306 e. The van der Waals surface area contributed by atoms with Crippen molar-refractivity contribution in [3.05, 3.63) is 58.9 Å². The fourth-order valence-corrected chi connectivity index (χ4v) is 4.36. The Kier molecular flexibility index (Phi) is 7.62. The number of hydrogen-bond acceptors (Lipinski definition) is 3. The summed E-state index contributed by atoms with van der Waals surface area (Å²) in [5.41, 5.74) is 1.09. The lowest BCUT2D eigenvalue weighted by Crippen LogP contribution is -2.51. The lowest BCUT2D eigenvalue weighted by molar-refractivity contribution is -0.000879. The van der Waals surface area contributed by atoms with Gasteiger partial charge in [0, 0.05) is 16.6 Å². The standard InChI is InChI=1S/C19H20ClF3N2O2S.ClH/c1-2-28(26,27)25-18-16(24-11-19(18,22)23)10-13-6-4-8-15(17(13)21)12-5-3-7-14(20)9-12;/h3-9,16,18,24-25H,2,10-11H2,1H3;1H/t16-,18+;/m0./s1. The molecule has 0 saturated carbocycles. The van der Waals surface area contributed by atoms with E-state index in [1.165, 1.54) is 13.0 Å². The normalized spacial score (nSPS) is 21.0. The first-order valence-electron chi connectivity index (χ1n) is 8.77. The quantitative estimate of drug-likeness (QED) is 0.672. The average Bonchev–Trinajstić information content (AvgIpc) is 2.91. The van der Waals surface area contributed by atoms with Crippen molar-refractivity contribution in [3.8, 4) is 11.1 Å². The van der Waals surface area contributed by atoms with E-state index in [4.69, 9.17) is 11.6 Å². The summed E-state index contributed by atoms with van der Waals surface area (Å²) in [7, 11) is -3.84. The second kappa shape index (κ2) is 9.22. The summed E-state index contributed by atoms with van der Waals surface area (Å²) in [5, 5.41) is 3.08. The Hall–Kier alpha value is -1.32. The van der Waals surface area contributed by atoms with Crippen LogP contribution in [0.5, 0.6) is 0 Å². The van der Waals surface area contributed by atoms with E-state index in [2.05, 4.69) is 10.0 Å². The molecule has 1 aliphatic rings. The van der Waals surface area contributed by atoms with Gasteiger partial charge in [0.1, 0.15) is 11.9 Å². The number of benzene rings is 2. The van der Waals surface area contributed by atoms with Crippen molar-refractivity contribution in [2.75, 3.05) is 12.3 Å². The van der Waals surface area contributed by atoms with E-state index in [-0.39, 0.29) is 30.1 Å². The van der Waals surface area contributed by atoms with Crippen LogP contribution in [0.2, 0.25) is 5.02 Å². The zero-order chi connectivity index (χ0) is 20.5. The van der Waals surface area contributed by atoms with E-state index in [9.17, 15) is 17.2 Å². The second-order valence-electron chi connectivity index (χ2n) is 6.74. The number of halogens is 5. The molecule has 0 radical (unpaired) electrons. The van der Waals surface area contributed by atoms with Gasteiger partial charge in [-0.3, -0.25) is 0 Å². The van der Waals surface area contributed by atoms with Crippen molar-refractivity contribution in [1.82, 2.24) is 10.0 Å². The van der Waals surface area contributed by atoms with Crippen molar-refractivity contribution in [2.24, 2.45) is 0 Å². The van der Waals surface area contributed by atoms with Crippen molar-refractivity contribution < 1.29 is 21.6 Å². The summed E-state index contributed by atoms with van der Waals surface area (Å²) in [6, 6.07) is 8.81. The van der Waals surface area contributed by atoms with E-state index in [1.54, 1.807) is 36.4 Å². The maximum Gasteiger partial charge on any atom is 0.277 e. The summed E-state index contributed by atoms with van der Waals surface area (Å²) in [5.74, 6) is -4.13. The number of sulfonamides is 1. The third kappa shape index (κ3) is 5.44. The zero-order valence-corrected chi connectivity index (χ0v) is 17.9. The summed E-state index contributed by atoms with van der Waals surface area (Å²) in [4.78, 5) is 0. The maximum absolute atomic E-state index is 15.1. The van der Waals surface area contributed by atoms with Crippen molar-refractivity contribution in [2.45, 2.75) is 31.4 Å². The number of hydrogen-bond donors (Lipinski definition) is 2. The molecule has 1 fully saturated rings. The lowest BCUT2D eigenvalue weighted by atomic mass is 9.96. The van der Waals surface area contributed by atoms with Crippen molar-refractivity contribution >= 4 is 34.0 Å². The van der Waals surface area contributed by atoms with Crippen LogP contribution in [0.3, 0.4) is 0 Å². The molecule has 1 heterocycles. The van der Waals surface area contributed by atoms with E-state index in [0.717, 1.165) is 0 Å². The van der Waals surface area contributed by atoms with Crippen LogP contribution in [0.1, 0.15) is 12.5 Å². The molecule has 1 aliphatic heterocycles. The molecular weight excluding hydrogens is 448 g/mol. The molecule has 160 valence electrons. The van der Waals surface area contributed by atoms with Crippen LogP contribution in [0, 0.1) is 5.82 Å². The fourth-order valence-electron chi connectivity index (χ4n) is 3.28. The van der Waals surface area contributed by atoms with Crippen LogP contribution >= 0.6 is 24.0 Å². The molecule has 0 spiro atoms. The molecule has 29 heavy (non-hydrogen) atoms. The van der Waals surface area contributed by atoms with E-state index in [1.807, 2.05) is 0 Å². The minimum absolute atomic E-state index is 0. The van der Waals surface area contributed by atoms with Gasteiger partial charge >= 0.3 is 0 Å². The SMILES string of the molecule is CCS(=O)(=O)N[C@@H]1[C@H](Cc2cccc(-c3cccc(Cl)c3)c2F)NCC1(F)F.Cl. The molecule has 2 atom stereocenters. The Labute approximate surface area is 179 Å². The molecule has 0 bridgehead atoms. The number of nitrogens with one attached hydrogen (secondary N) is 2. The van der Waals surface area contributed by atoms with Crippen LogP contribution in [0.25, 0.3) is 11.1 Å². The first kappa shape index (κ1) is 24.0. The molecule has 2 N–H and O–H groups in total. The molecule has 2 aromatic rings. The Balaban J connectivity index is 0.00000300. The minimum Gasteiger partial charge on any atom is -0.306 e. The number of rotatable bonds is 6. The Morgan fingerprint density at radius 2 is 1.93 bits per heavy atom. The van der Waals surface area contributed by atoms with Crippen LogP contribution in [0.15, 0.2) is 42.5 Å². The van der Waals surface area contributed by atoms with Gasteiger partial charge < -0.3 is 5.32 Å². The highest BCUT2D eigenvalue weighted by Gasteiger charge is 2.51. The first-order valence-corrected chi connectivity index (χ1v) is 10.8. The van der Waals surface area contributed by atoms with Gasteiger partial charge in [0.2, 0.25) is 10.0 Å². The minimum atomic E-state index is -3.84. The molecular formula is C19H21Cl2F3N2O2S. The predicted molar refractivity (Wildman–Crippen MR) is 111 cm³/mol. The molecule has 0 amide bonds. The highest BCUT2D eigenvalue weighted by atomic mass is 35.5. The summed E-state index contributed by atoms with van der Waals surface area (Å²) >= 11 is 5.97. The van der Waals surface area contributed by atoms with Gasteiger partial charge in [0.25, 0.3) is 5.92 Å². The lowest BCUT2D eigenvalue weighted by Gasteiger charge is -2.24. The zero-order valence-electron chi connectivity index (χ0n) is 15.5. The number of alkyl halides is 2. The molecule has 4 nitrogen and oxygen atoms in total. The Bertz CT molecular complexity index is 974. The average molecular weight is 469 g/mol. The van der Waals surface area contributed by atoms with E-state index in [0.29, 0.717) is 16.1 Å². The molecule has 0 aliphatic carbocycles. The van der Waals surface area contributed by atoms with Crippen molar-refractivity contribution in [1.29, 1.82) is 0 Å². The Morgan fingerprint density at radius 1 is 1.24 bits per heavy atom. The predicted octanol–water partition coefficient (Wildman–Crippen LogP) is 4.03. The van der Waals surface area contributed by atoms with Crippen LogP contribution in [-0.4, -0.2) is 38.7 Å². The molecule has 2 aromatic carbocycles. The summed E-state index contributed by atoms with van der Waals surface area (Å²) in [6.45, 7) is 0.691. The third-order valence-corrected chi connectivity index (χ3v) is 6.41. The van der Waals surface area contributed by atoms with E-state index < -0.39 is 40.4 Å². The van der Waals surface area contributed by atoms with Crippen LogP contribution < -0.4 is 10.0 Å². The third-order valence-electron chi connectivity index (χ3n) is 4.80. The second-order valence-corrected chi connectivity index (χ2v) is 9.22. The van der Waals surface area contributed by atoms with Gasteiger partial charge in [-0.15, -0.1) is 12.4 Å². The van der Waals surface area contributed by atoms with Gasteiger partial charge in [-0.05, 0) is 36.6 Å². The van der Waals surface area contributed by atoms with Gasteiger partial charge in [0.05, 0.1) is 12.3 Å². The topological polar surface area (TPSA) is 58.2 Å². The monoisotopic (exact) mass is 468 g/mol. The molecule has 10 heteroatoms. The smallest absolute Gasteiger partial charge is 0.277 e. The molecule has 1 saturated heterocycles. The maximum atomic E-state index is 15.1. The molecule has 3 rings (SSSR count). The summed E-state index contributed by atoms with van der Waals surface area (Å²) < 4.78 is 69.2. The van der Waals surface area contributed by atoms with E-state index >= 15 is 4.39 Å². The molecule has 0 unspecified atom stereocenters. The van der Waals surface area contributed by atoms with Crippen molar-refractivity contribution in [3.63, 3.8) is 0 Å². The van der Waals surface area contributed by atoms with Gasteiger partial charge in [0.15, 0.2) is 0 Å². The Morgan fingerprint density at radius 3 is 2.59 bits per heavy atom.